The summed E-state index contributed by atoms with van der Waals surface area (Å²) in [5.74, 6) is 0.0707. The molecule has 0 saturated carbocycles. The van der Waals surface area contributed by atoms with Gasteiger partial charge in [-0.05, 0) is 30.7 Å². The molecule has 6 heteroatoms. The predicted molar refractivity (Wildman–Crippen MR) is 71.0 cm³/mol. The molecule has 2 aromatic rings. The van der Waals surface area contributed by atoms with Crippen LogP contribution in [0.3, 0.4) is 0 Å². The van der Waals surface area contributed by atoms with Crippen LogP contribution in [-0.2, 0) is 0 Å². The van der Waals surface area contributed by atoms with Gasteiger partial charge in [0.2, 0.25) is 5.75 Å². The lowest BCUT2D eigenvalue weighted by atomic mass is 10.1. The van der Waals surface area contributed by atoms with Crippen LogP contribution in [0.1, 0.15) is 11.1 Å². The zero-order chi connectivity index (χ0) is 13.8. The first-order chi connectivity index (χ1) is 9.08. The summed E-state index contributed by atoms with van der Waals surface area (Å²) < 4.78 is 0. The number of aliphatic imine (C=N–C) groups is 1. The Hall–Kier alpha value is -2.76. The summed E-state index contributed by atoms with van der Waals surface area (Å²) in [6.45, 7) is 1.71. The van der Waals surface area contributed by atoms with Gasteiger partial charge in [0, 0.05) is 24.0 Å². The molecule has 0 spiro atoms. The van der Waals surface area contributed by atoms with Crippen molar-refractivity contribution in [2.75, 3.05) is 0 Å². The normalized spacial score (nSPS) is 10.8. The number of aromatic hydroxyl groups is 1. The van der Waals surface area contributed by atoms with Crippen LogP contribution in [0.2, 0.25) is 0 Å². The minimum Gasteiger partial charge on any atom is -0.502 e. The highest BCUT2D eigenvalue weighted by Gasteiger charge is 2.16. The molecule has 0 aliphatic heterocycles. The van der Waals surface area contributed by atoms with E-state index >= 15 is 0 Å². The van der Waals surface area contributed by atoms with E-state index in [1.165, 1.54) is 12.3 Å². The maximum absolute atomic E-state index is 10.8. The Balaban J connectivity index is 2.41. The molecule has 0 radical (unpaired) electrons. The van der Waals surface area contributed by atoms with Gasteiger partial charge in [-0.1, -0.05) is 6.07 Å². The number of benzene rings is 1. The third-order valence-corrected chi connectivity index (χ3v) is 2.45. The number of hydrogen-bond acceptors (Lipinski definition) is 5. The fourth-order valence-corrected chi connectivity index (χ4v) is 1.59. The topological polar surface area (TPSA) is 88.6 Å². The number of nitrogens with zero attached hydrogens (tertiary/aromatic N) is 3. The maximum atomic E-state index is 10.8. The third-order valence-electron chi connectivity index (χ3n) is 2.45. The van der Waals surface area contributed by atoms with Crippen LogP contribution in [0.5, 0.6) is 5.75 Å². The van der Waals surface area contributed by atoms with E-state index in [0.29, 0.717) is 11.4 Å². The lowest BCUT2D eigenvalue weighted by Gasteiger charge is -2.02. The molecule has 96 valence electrons. The number of hydrogen-bond donors (Lipinski definition) is 1. The molecule has 0 amide bonds. The Morgan fingerprint density at radius 3 is 2.84 bits per heavy atom. The van der Waals surface area contributed by atoms with Crippen LogP contribution in [0.4, 0.5) is 11.5 Å². The van der Waals surface area contributed by atoms with Gasteiger partial charge in [0.25, 0.3) is 0 Å². The highest BCUT2D eigenvalue weighted by Crippen LogP contribution is 2.30. The molecule has 6 nitrogen and oxygen atoms in total. The molecule has 0 fully saturated rings. The van der Waals surface area contributed by atoms with Gasteiger partial charge >= 0.3 is 5.69 Å². The van der Waals surface area contributed by atoms with Crippen molar-refractivity contribution in [3.8, 4) is 5.75 Å². The largest absolute Gasteiger partial charge is 0.502 e. The SMILES string of the molecule is Cc1cc(C=Nc2ccccn2)c(O)c([N+](=O)[O-])c1. The Morgan fingerprint density at radius 1 is 1.42 bits per heavy atom. The van der Waals surface area contributed by atoms with Crippen LogP contribution >= 0.6 is 0 Å². The molecule has 0 atom stereocenters. The van der Waals surface area contributed by atoms with Crippen LogP contribution in [0.15, 0.2) is 41.5 Å². The third kappa shape index (κ3) is 2.92. The van der Waals surface area contributed by atoms with Gasteiger partial charge < -0.3 is 5.11 Å². The minimum atomic E-state index is -0.625. The molecule has 1 heterocycles. The molecule has 0 aliphatic rings. The van der Waals surface area contributed by atoms with E-state index in [0.717, 1.165) is 0 Å². The van der Waals surface area contributed by atoms with Gasteiger partial charge in [-0.25, -0.2) is 9.98 Å². The quantitative estimate of drug-likeness (QED) is 0.520. The maximum Gasteiger partial charge on any atom is 0.311 e. The fraction of sp³-hybridized carbons (Fsp3) is 0.0769. The first-order valence-electron chi connectivity index (χ1n) is 5.51. The van der Waals surface area contributed by atoms with E-state index in [9.17, 15) is 15.2 Å². The smallest absolute Gasteiger partial charge is 0.311 e. The first-order valence-corrected chi connectivity index (χ1v) is 5.51. The van der Waals surface area contributed by atoms with E-state index in [4.69, 9.17) is 0 Å². The van der Waals surface area contributed by atoms with E-state index in [1.807, 2.05) is 0 Å². The van der Waals surface area contributed by atoms with Crippen LogP contribution in [0, 0.1) is 17.0 Å². The molecule has 2 rings (SSSR count). The molecule has 0 aliphatic carbocycles. The lowest BCUT2D eigenvalue weighted by molar-refractivity contribution is -0.385. The predicted octanol–water partition coefficient (Wildman–Crippen LogP) is 2.75. The zero-order valence-electron chi connectivity index (χ0n) is 10.1. The number of phenolic OH excluding ortho intramolecular Hbond substituents is 1. The summed E-state index contributed by atoms with van der Waals surface area (Å²) >= 11 is 0. The summed E-state index contributed by atoms with van der Waals surface area (Å²) in [4.78, 5) is 18.2. The highest BCUT2D eigenvalue weighted by molar-refractivity contribution is 5.87. The van der Waals surface area contributed by atoms with E-state index in [-0.39, 0.29) is 11.3 Å². The zero-order valence-corrected chi connectivity index (χ0v) is 10.1. The number of phenols is 1. The first kappa shape index (κ1) is 12.7. The summed E-state index contributed by atoms with van der Waals surface area (Å²) in [6.07, 6.45) is 2.95. The number of aromatic nitrogens is 1. The van der Waals surface area contributed by atoms with Crippen molar-refractivity contribution in [1.29, 1.82) is 0 Å². The Kier molecular flexibility index (Phi) is 3.51. The van der Waals surface area contributed by atoms with Crippen LogP contribution in [-0.4, -0.2) is 21.2 Å². The molecule has 19 heavy (non-hydrogen) atoms. The lowest BCUT2D eigenvalue weighted by Crippen LogP contribution is -1.93. The van der Waals surface area contributed by atoms with Crippen molar-refractivity contribution in [3.05, 3.63) is 57.8 Å². The van der Waals surface area contributed by atoms with Gasteiger partial charge in [-0.2, -0.15) is 0 Å². The van der Waals surface area contributed by atoms with E-state index in [2.05, 4.69) is 9.98 Å². The van der Waals surface area contributed by atoms with Gasteiger partial charge in [0.15, 0.2) is 5.82 Å². The van der Waals surface area contributed by atoms with Crippen molar-refractivity contribution < 1.29 is 10.0 Å². The van der Waals surface area contributed by atoms with Crippen molar-refractivity contribution in [2.45, 2.75) is 6.92 Å². The molecule has 0 saturated heterocycles. The summed E-state index contributed by atoms with van der Waals surface area (Å²) in [6, 6.07) is 8.16. The molecule has 1 aromatic carbocycles. The van der Waals surface area contributed by atoms with Crippen molar-refractivity contribution >= 4 is 17.7 Å². The minimum absolute atomic E-state index is 0.289. The second-order valence-corrected chi connectivity index (χ2v) is 3.93. The van der Waals surface area contributed by atoms with Gasteiger partial charge in [0.1, 0.15) is 0 Å². The van der Waals surface area contributed by atoms with Gasteiger partial charge in [0.05, 0.1) is 4.92 Å². The Labute approximate surface area is 109 Å². The monoisotopic (exact) mass is 257 g/mol. The second kappa shape index (κ2) is 5.26. The second-order valence-electron chi connectivity index (χ2n) is 3.93. The number of nitro benzene ring substituents is 1. The molecule has 0 bridgehead atoms. The molecule has 1 aromatic heterocycles. The highest BCUT2D eigenvalue weighted by atomic mass is 16.6. The van der Waals surface area contributed by atoms with Gasteiger partial charge in [-0.15, -0.1) is 0 Å². The van der Waals surface area contributed by atoms with Crippen LogP contribution < -0.4 is 0 Å². The van der Waals surface area contributed by atoms with Crippen molar-refractivity contribution in [3.63, 3.8) is 0 Å². The van der Waals surface area contributed by atoms with Crippen LogP contribution in [0.25, 0.3) is 0 Å². The fourth-order valence-electron chi connectivity index (χ4n) is 1.59. The summed E-state index contributed by atoms with van der Waals surface area (Å²) in [5, 5.41) is 20.6. The van der Waals surface area contributed by atoms with Crippen molar-refractivity contribution in [1.82, 2.24) is 4.98 Å². The standard InChI is InChI=1S/C13H11N3O3/c1-9-6-10(13(17)11(7-9)16(18)19)8-15-12-4-2-3-5-14-12/h2-8,17H,1H3. The summed E-state index contributed by atoms with van der Waals surface area (Å²) in [7, 11) is 0. The summed E-state index contributed by atoms with van der Waals surface area (Å²) in [5.41, 5.74) is 0.631. The number of nitro groups is 1. The van der Waals surface area contributed by atoms with Crippen molar-refractivity contribution in [2.24, 2.45) is 4.99 Å². The van der Waals surface area contributed by atoms with E-state index in [1.54, 1.807) is 37.4 Å². The molecular weight excluding hydrogens is 246 g/mol. The number of pyridine rings is 1. The number of rotatable bonds is 3. The van der Waals surface area contributed by atoms with Gasteiger partial charge in [-0.3, -0.25) is 10.1 Å². The number of aryl methyl sites for hydroxylation is 1. The Bertz CT molecular complexity index is 639. The molecular formula is C13H11N3O3. The average molecular weight is 257 g/mol. The average Bonchev–Trinajstić information content (AvgIpc) is 2.40. The van der Waals surface area contributed by atoms with E-state index < -0.39 is 10.7 Å². The molecule has 0 unspecified atom stereocenters. The molecule has 1 N–H and O–H groups in total. The Morgan fingerprint density at radius 2 is 2.21 bits per heavy atom.